The topological polar surface area (TPSA) is 179 Å². The second-order valence-corrected chi connectivity index (χ2v) is 8.69. The second kappa shape index (κ2) is 11.1. The summed E-state index contributed by atoms with van der Waals surface area (Å²) in [6.45, 7) is 1.12. The Kier molecular flexibility index (Phi) is 7.74. The Hall–Kier alpha value is -4.36. The lowest BCUT2D eigenvalue weighted by Gasteiger charge is -2.32. The number of aromatic nitrogens is 1. The number of nitrogen functional groups attached to an aromatic ring is 1. The first kappa shape index (κ1) is 25.7. The standard InChI is InChI=1S/C24H25N5O7S/c1-34-9-8-27-23(32)20(13-2-5-15(30)6-3-13)29(14-4-7-16-17(12-14)36-11-10-35-16)24(33)21-18(25)19(22(26)31)28-37-21/h2-7,12,20,30H,8-11,25H2,1H3,(H2,26,31)(H,27,32)/t20-/m0/s1. The van der Waals surface area contributed by atoms with Gasteiger partial charge in [0.25, 0.3) is 11.8 Å². The largest absolute Gasteiger partial charge is 0.508 e. The average Bonchev–Trinajstić information content (AvgIpc) is 3.29. The quantitative estimate of drug-likeness (QED) is 0.300. The minimum atomic E-state index is -1.22. The van der Waals surface area contributed by atoms with E-state index in [2.05, 4.69) is 9.69 Å². The number of rotatable bonds is 9. The van der Waals surface area contributed by atoms with Crippen molar-refractivity contribution in [1.29, 1.82) is 0 Å². The maximum Gasteiger partial charge on any atom is 0.273 e. The number of phenolic OH excluding ortho intramolecular Hbond substituents is 1. The summed E-state index contributed by atoms with van der Waals surface area (Å²) in [4.78, 5) is 40.5. The van der Waals surface area contributed by atoms with Crippen LogP contribution < -0.4 is 31.2 Å². The third-order valence-electron chi connectivity index (χ3n) is 5.50. The van der Waals surface area contributed by atoms with Crippen LogP contribution in [0.2, 0.25) is 0 Å². The third kappa shape index (κ3) is 5.42. The lowest BCUT2D eigenvalue weighted by molar-refractivity contribution is -0.122. The molecule has 2 heterocycles. The van der Waals surface area contributed by atoms with E-state index >= 15 is 0 Å². The number of nitrogens with two attached hydrogens (primary N) is 2. The molecule has 0 saturated carbocycles. The minimum absolute atomic E-state index is 0.0164. The Morgan fingerprint density at radius 2 is 1.86 bits per heavy atom. The summed E-state index contributed by atoms with van der Waals surface area (Å²) < 4.78 is 20.3. The van der Waals surface area contributed by atoms with E-state index in [4.69, 9.17) is 25.7 Å². The molecule has 0 saturated heterocycles. The monoisotopic (exact) mass is 527 g/mol. The zero-order valence-corrected chi connectivity index (χ0v) is 20.6. The van der Waals surface area contributed by atoms with E-state index in [1.165, 1.54) is 36.3 Å². The van der Waals surface area contributed by atoms with E-state index in [1.54, 1.807) is 18.2 Å². The van der Waals surface area contributed by atoms with E-state index in [0.29, 0.717) is 47.5 Å². The van der Waals surface area contributed by atoms with Gasteiger partial charge in [0.1, 0.15) is 29.9 Å². The predicted octanol–water partition coefficient (Wildman–Crippen LogP) is 1.45. The molecule has 3 amide bonds. The van der Waals surface area contributed by atoms with Crippen molar-refractivity contribution in [3.8, 4) is 17.2 Å². The molecule has 1 atom stereocenters. The molecule has 6 N–H and O–H groups in total. The van der Waals surface area contributed by atoms with E-state index < -0.39 is 23.8 Å². The van der Waals surface area contributed by atoms with Crippen molar-refractivity contribution in [3.63, 3.8) is 0 Å². The van der Waals surface area contributed by atoms with Crippen LogP contribution in [-0.2, 0) is 9.53 Å². The molecule has 0 bridgehead atoms. The molecule has 2 aromatic carbocycles. The van der Waals surface area contributed by atoms with Crippen LogP contribution in [0.5, 0.6) is 17.2 Å². The maximum absolute atomic E-state index is 14.0. The first-order valence-electron chi connectivity index (χ1n) is 11.2. The number of ether oxygens (including phenoxy) is 3. The van der Waals surface area contributed by atoms with Gasteiger partial charge in [0.2, 0.25) is 5.91 Å². The van der Waals surface area contributed by atoms with Crippen LogP contribution in [0.4, 0.5) is 11.4 Å². The highest BCUT2D eigenvalue weighted by Crippen LogP contribution is 2.39. The Morgan fingerprint density at radius 1 is 1.16 bits per heavy atom. The van der Waals surface area contributed by atoms with Gasteiger partial charge < -0.3 is 36.1 Å². The van der Waals surface area contributed by atoms with Crippen molar-refractivity contribution in [2.45, 2.75) is 6.04 Å². The molecule has 0 aliphatic carbocycles. The Balaban J connectivity index is 1.87. The number of aromatic hydroxyl groups is 1. The van der Waals surface area contributed by atoms with Crippen LogP contribution in [0.1, 0.15) is 31.8 Å². The van der Waals surface area contributed by atoms with E-state index in [0.717, 1.165) is 0 Å². The fraction of sp³-hybridized carbons (Fsp3) is 0.250. The Labute approximate surface area is 215 Å². The van der Waals surface area contributed by atoms with E-state index in [1.807, 2.05) is 0 Å². The molecule has 1 aliphatic rings. The number of primary amides is 1. The van der Waals surface area contributed by atoms with Crippen LogP contribution >= 0.6 is 11.5 Å². The summed E-state index contributed by atoms with van der Waals surface area (Å²) in [5, 5.41) is 12.6. The number of anilines is 2. The SMILES string of the molecule is COCCNC(=O)[C@H](c1ccc(O)cc1)N(C(=O)c1snc(C(N)=O)c1N)c1ccc2c(c1)OCCO2. The highest BCUT2D eigenvalue weighted by Gasteiger charge is 2.36. The molecule has 0 unspecified atom stereocenters. The zero-order valence-electron chi connectivity index (χ0n) is 19.8. The molecule has 0 fully saturated rings. The van der Waals surface area contributed by atoms with Gasteiger partial charge in [-0.1, -0.05) is 12.1 Å². The molecule has 1 aromatic heterocycles. The van der Waals surface area contributed by atoms with Gasteiger partial charge in [-0.25, -0.2) is 0 Å². The van der Waals surface area contributed by atoms with E-state index in [9.17, 15) is 19.5 Å². The molecule has 1 aliphatic heterocycles. The van der Waals surface area contributed by atoms with Crippen LogP contribution in [-0.4, -0.2) is 60.7 Å². The summed E-state index contributed by atoms with van der Waals surface area (Å²) in [5.41, 5.74) is 11.7. The lowest BCUT2D eigenvalue weighted by atomic mass is 10.0. The van der Waals surface area contributed by atoms with Crippen LogP contribution in [0.15, 0.2) is 42.5 Å². The van der Waals surface area contributed by atoms with Crippen LogP contribution in [0.3, 0.4) is 0 Å². The fourth-order valence-corrected chi connectivity index (χ4v) is 4.49. The van der Waals surface area contributed by atoms with Crippen molar-refractivity contribution < 1.29 is 33.7 Å². The van der Waals surface area contributed by atoms with Crippen LogP contribution in [0, 0.1) is 0 Å². The van der Waals surface area contributed by atoms with Crippen molar-refractivity contribution in [2.75, 3.05) is 44.1 Å². The van der Waals surface area contributed by atoms with Crippen LogP contribution in [0.25, 0.3) is 0 Å². The zero-order chi connectivity index (χ0) is 26.5. The molecule has 3 aromatic rings. The number of nitrogens with one attached hydrogen (secondary N) is 1. The van der Waals surface area contributed by atoms with Crippen molar-refractivity contribution in [1.82, 2.24) is 9.69 Å². The van der Waals surface area contributed by atoms with Gasteiger partial charge in [-0.2, -0.15) is 4.37 Å². The number of amides is 3. The average molecular weight is 528 g/mol. The summed E-state index contributed by atoms with van der Waals surface area (Å²) in [6.07, 6.45) is 0. The first-order chi connectivity index (χ1) is 17.8. The second-order valence-electron chi connectivity index (χ2n) is 7.92. The molecule has 4 rings (SSSR count). The Morgan fingerprint density at radius 3 is 2.51 bits per heavy atom. The lowest BCUT2D eigenvalue weighted by Crippen LogP contribution is -2.44. The van der Waals surface area contributed by atoms with Gasteiger partial charge in [-0.3, -0.25) is 19.3 Å². The van der Waals surface area contributed by atoms with Crippen molar-refractivity contribution >= 4 is 40.6 Å². The molecule has 0 spiro atoms. The summed E-state index contributed by atoms with van der Waals surface area (Å²) in [7, 11) is 1.50. The normalized spacial score (nSPS) is 13.0. The third-order valence-corrected chi connectivity index (χ3v) is 6.35. The molecule has 0 radical (unpaired) electrons. The number of carbonyl (C=O) groups is 3. The van der Waals surface area contributed by atoms with Gasteiger partial charge in [-0.15, -0.1) is 0 Å². The Bertz CT molecular complexity index is 1310. The number of nitrogens with zero attached hydrogens (tertiary/aromatic N) is 2. The molecule has 194 valence electrons. The molecule has 13 heteroatoms. The molecular weight excluding hydrogens is 502 g/mol. The van der Waals surface area contributed by atoms with E-state index in [-0.39, 0.29) is 35.2 Å². The molecule has 37 heavy (non-hydrogen) atoms. The number of methoxy groups -OCH3 is 1. The fourth-order valence-electron chi connectivity index (χ4n) is 3.75. The number of benzene rings is 2. The van der Waals surface area contributed by atoms with Gasteiger partial charge in [0.15, 0.2) is 17.2 Å². The smallest absolute Gasteiger partial charge is 0.273 e. The first-order valence-corrected chi connectivity index (χ1v) is 11.9. The van der Waals surface area contributed by atoms with Gasteiger partial charge in [0, 0.05) is 25.4 Å². The van der Waals surface area contributed by atoms with Gasteiger partial charge >= 0.3 is 0 Å². The molecule has 12 nitrogen and oxygen atoms in total. The number of hydrogen-bond acceptors (Lipinski definition) is 10. The van der Waals surface area contributed by atoms with Crippen molar-refractivity contribution in [3.05, 3.63) is 58.6 Å². The van der Waals surface area contributed by atoms with Gasteiger partial charge in [0.05, 0.1) is 12.3 Å². The van der Waals surface area contributed by atoms with Crippen molar-refractivity contribution in [2.24, 2.45) is 5.73 Å². The maximum atomic E-state index is 14.0. The highest BCUT2D eigenvalue weighted by atomic mass is 32.1. The highest BCUT2D eigenvalue weighted by molar-refractivity contribution is 7.09. The minimum Gasteiger partial charge on any atom is -0.508 e. The molecular formula is C24H25N5O7S. The number of phenols is 1. The predicted molar refractivity (Wildman–Crippen MR) is 135 cm³/mol. The number of fused-ring (bicyclic) bond motifs is 1. The summed E-state index contributed by atoms with van der Waals surface area (Å²) in [5.74, 6) is -1.24. The van der Waals surface area contributed by atoms with Gasteiger partial charge in [-0.05, 0) is 41.4 Å². The summed E-state index contributed by atoms with van der Waals surface area (Å²) in [6, 6.07) is 9.46. The number of carbonyl (C=O) groups excluding carboxylic acids is 3. The number of hydrogen-bond donors (Lipinski definition) is 4. The summed E-state index contributed by atoms with van der Waals surface area (Å²) >= 11 is 0.698.